The van der Waals surface area contributed by atoms with Crippen LogP contribution < -0.4 is 10.6 Å². The highest BCUT2D eigenvalue weighted by Gasteiger charge is 2.29. The topological polar surface area (TPSA) is 94.5 Å². The molecule has 1 aliphatic rings. The van der Waals surface area contributed by atoms with Crippen LogP contribution in [0.5, 0.6) is 0 Å². The van der Waals surface area contributed by atoms with Crippen molar-refractivity contribution in [1.82, 2.24) is 9.55 Å². The predicted molar refractivity (Wildman–Crippen MR) is 130 cm³/mol. The lowest BCUT2D eigenvalue weighted by molar-refractivity contribution is -0.119. The molecule has 2 N–H and O–H groups in total. The Hall–Kier alpha value is -2.26. The fourth-order valence-electron chi connectivity index (χ4n) is 3.92. The van der Waals surface area contributed by atoms with Crippen LogP contribution in [0.25, 0.3) is 11.0 Å². The molecule has 2 aromatic rings. The van der Waals surface area contributed by atoms with Crippen molar-refractivity contribution in [3.63, 3.8) is 0 Å². The number of carbonyl (C=O) groups is 2. The summed E-state index contributed by atoms with van der Waals surface area (Å²) in [6.45, 7) is 7.12. The lowest BCUT2D eigenvalue weighted by atomic mass is 10.1. The number of methoxy groups -OCH3 is 1. The fourth-order valence-corrected chi connectivity index (χ4v) is 4.50. The molecule has 1 amide bonds. The lowest BCUT2D eigenvalue weighted by Crippen LogP contribution is -2.23. The average molecular weight is 463 g/mol. The standard InChI is InChI=1S/C23H34N4O4S/c1-6-14(2)22(28)26-19-18-10-16(25-15(3)13-32-5)11-24-21(18)27(20(19)23(29)30-4)12-17-8-7-9-31-17/h10-11,14-15,17,25H,6-9,12-13H2,1-5H3,(H,26,28). The second kappa shape index (κ2) is 11.0. The third-order valence-corrected chi connectivity index (χ3v) is 6.66. The molecule has 0 aromatic carbocycles. The van der Waals surface area contributed by atoms with E-state index in [0.29, 0.717) is 42.0 Å². The molecule has 1 aliphatic heterocycles. The van der Waals surface area contributed by atoms with E-state index in [1.807, 2.05) is 24.5 Å². The van der Waals surface area contributed by atoms with Crippen LogP contribution in [0.1, 0.15) is 50.5 Å². The molecule has 176 valence electrons. The summed E-state index contributed by atoms with van der Waals surface area (Å²) in [5.41, 5.74) is 2.22. The highest BCUT2D eigenvalue weighted by atomic mass is 32.2. The highest BCUT2D eigenvalue weighted by Crippen LogP contribution is 2.34. The van der Waals surface area contributed by atoms with Crippen molar-refractivity contribution in [2.24, 2.45) is 5.92 Å². The minimum Gasteiger partial charge on any atom is -0.464 e. The zero-order valence-corrected chi connectivity index (χ0v) is 20.4. The largest absolute Gasteiger partial charge is 0.464 e. The first kappa shape index (κ1) is 24.4. The minimum absolute atomic E-state index is 0.00618. The van der Waals surface area contributed by atoms with E-state index in [1.54, 1.807) is 18.0 Å². The van der Waals surface area contributed by atoms with Gasteiger partial charge in [-0.15, -0.1) is 0 Å². The molecule has 2 aromatic heterocycles. The van der Waals surface area contributed by atoms with Gasteiger partial charge in [-0.1, -0.05) is 13.8 Å². The molecular formula is C23H34N4O4S. The number of pyridine rings is 1. The zero-order valence-electron chi connectivity index (χ0n) is 19.6. The Morgan fingerprint density at radius 1 is 1.41 bits per heavy atom. The smallest absolute Gasteiger partial charge is 0.356 e. The van der Waals surface area contributed by atoms with Crippen molar-refractivity contribution < 1.29 is 19.1 Å². The number of nitrogens with zero attached hydrogens (tertiary/aromatic N) is 2. The zero-order chi connectivity index (χ0) is 23.3. The molecule has 3 rings (SSSR count). The van der Waals surface area contributed by atoms with Crippen LogP contribution >= 0.6 is 11.8 Å². The molecule has 0 radical (unpaired) electrons. The summed E-state index contributed by atoms with van der Waals surface area (Å²) in [4.78, 5) is 30.4. The highest BCUT2D eigenvalue weighted by molar-refractivity contribution is 7.98. The first-order valence-corrected chi connectivity index (χ1v) is 12.6. The van der Waals surface area contributed by atoms with E-state index in [0.717, 1.165) is 24.3 Å². The van der Waals surface area contributed by atoms with Gasteiger partial charge >= 0.3 is 5.97 Å². The maximum atomic E-state index is 12.9. The molecule has 1 fully saturated rings. The number of esters is 1. The number of amides is 1. The summed E-state index contributed by atoms with van der Waals surface area (Å²) >= 11 is 1.76. The lowest BCUT2D eigenvalue weighted by Gasteiger charge is -2.15. The number of fused-ring (bicyclic) bond motifs is 1. The first-order chi connectivity index (χ1) is 15.4. The average Bonchev–Trinajstić information content (AvgIpc) is 3.39. The molecule has 0 spiro atoms. The predicted octanol–water partition coefficient (Wildman–Crippen LogP) is 4.15. The molecule has 9 heteroatoms. The van der Waals surface area contributed by atoms with Crippen LogP contribution in [0.15, 0.2) is 12.3 Å². The molecule has 0 saturated carbocycles. The Bertz CT molecular complexity index is 955. The Balaban J connectivity index is 2.13. The van der Waals surface area contributed by atoms with Gasteiger partial charge in [0.1, 0.15) is 5.65 Å². The van der Waals surface area contributed by atoms with Gasteiger partial charge in [0, 0.05) is 29.7 Å². The number of ether oxygens (including phenoxy) is 2. The second-order valence-corrected chi connectivity index (χ2v) is 9.27. The number of nitrogens with one attached hydrogen (secondary N) is 2. The molecule has 32 heavy (non-hydrogen) atoms. The molecule has 3 unspecified atom stereocenters. The number of thioether (sulfide) groups is 1. The molecular weight excluding hydrogens is 428 g/mol. The van der Waals surface area contributed by atoms with Crippen molar-refractivity contribution in [1.29, 1.82) is 0 Å². The summed E-state index contributed by atoms with van der Waals surface area (Å²) in [5.74, 6) is 0.116. The number of anilines is 2. The molecule has 1 saturated heterocycles. The minimum atomic E-state index is -0.509. The number of rotatable bonds is 10. The van der Waals surface area contributed by atoms with Gasteiger partial charge in [0.2, 0.25) is 5.91 Å². The van der Waals surface area contributed by atoms with Gasteiger partial charge in [0.05, 0.1) is 37.3 Å². The van der Waals surface area contributed by atoms with Gasteiger partial charge in [-0.2, -0.15) is 11.8 Å². The van der Waals surface area contributed by atoms with Gasteiger partial charge in [-0.3, -0.25) is 4.79 Å². The Morgan fingerprint density at radius 3 is 2.81 bits per heavy atom. The quantitative estimate of drug-likeness (QED) is 0.512. The van der Waals surface area contributed by atoms with E-state index >= 15 is 0 Å². The van der Waals surface area contributed by atoms with E-state index in [9.17, 15) is 9.59 Å². The Labute approximate surface area is 193 Å². The van der Waals surface area contributed by atoms with Crippen LogP contribution in [-0.2, 0) is 20.8 Å². The SMILES string of the molecule is CCC(C)C(=O)Nc1c(C(=O)OC)n(CC2CCCO2)c2ncc(NC(C)CSC)cc12. The molecule has 0 aliphatic carbocycles. The molecule has 3 atom stereocenters. The number of carbonyl (C=O) groups excluding carboxylic acids is 2. The first-order valence-electron chi connectivity index (χ1n) is 11.2. The third kappa shape index (κ3) is 5.38. The number of hydrogen-bond acceptors (Lipinski definition) is 7. The van der Waals surface area contributed by atoms with Crippen molar-refractivity contribution in [3.8, 4) is 0 Å². The summed E-state index contributed by atoms with van der Waals surface area (Å²) in [5, 5.41) is 7.16. The Kier molecular flexibility index (Phi) is 8.42. The molecule has 3 heterocycles. The van der Waals surface area contributed by atoms with Crippen LogP contribution in [-0.4, -0.2) is 59.3 Å². The number of hydrogen-bond donors (Lipinski definition) is 2. The van der Waals surface area contributed by atoms with Crippen molar-refractivity contribution >= 4 is 46.0 Å². The van der Waals surface area contributed by atoms with Gasteiger partial charge in [-0.25, -0.2) is 9.78 Å². The molecule has 0 bridgehead atoms. The maximum Gasteiger partial charge on any atom is 0.356 e. The van der Waals surface area contributed by atoms with Crippen LogP contribution in [0.4, 0.5) is 11.4 Å². The summed E-state index contributed by atoms with van der Waals surface area (Å²) < 4.78 is 12.8. The fraction of sp³-hybridized carbons (Fsp3) is 0.609. The molecule has 8 nitrogen and oxygen atoms in total. The van der Waals surface area contributed by atoms with Gasteiger partial charge in [0.25, 0.3) is 0 Å². The third-order valence-electron chi connectivity index (χ3n) is 5.83. The van der Waals surface area contributed by atoms with Gasteiger partial charge in [0.15, 0.2) is 5.69 Å². The summed E-state index contributed by atoms with van der Waals surface area (Å²) in [7, 11) is 1.35. The second-order valence-electron chi connectivity index (χ2n) is 8.36. The number of aromatic nitrogens is 2. The Morgan fingerprint density at radius 2 is 2.19 bits per heavy atom. The monoisotopic (exact) mass is 462 g/mol. The van der Waals surface area contributed by atoms with Crippen molar-refractivity contribution in [2.45, 2.75) is 58.7 Å². The van der Waals surface area contributed by atoms with E-state index < -0.39 is 5.97 Å². The van der Waals surface area contributed by atoms with E-state index in [2.05, 4.69) is 28.8 Å². The van der Waals surface area contributed by atoms with E-state index in [4.69, 9.17) is 9.47 Å². The van der Waals surface area contributed by atoms with E-state index in [-0.39, 0.29) is 24.0 Å². The summed E-state index contributed by atoms with van der Waals surface area (Å²) in [6, 6.07) is 2.19. The normalized spacial score (nSPS) is 17.8. The van der Waals surface area contributed by atoms with Crippen molar-refractivity contribution in [2.75, 3.05) is 36.4 Å². The van der Waals surface area contributed by atoms with Crippen LogP contribution in [0, 0.1) is 5.92 Å². The van der Waals surface area contributed by atoms with Crippen LogP contribution in [0.2, 0.25) is 0 Å². The van der Waals surface area contributed by atoms with Gasteiger partial charge < -0.3 is 24.7 Å². The summed E-state index contributed by atoms with van der Waals surface area (Å²) in [6.07, 6.45) is 6.44. The van der Waals surface area contributed by atoms with E-state index in [1.165, 1.54) is 7.11 Å². The van der Waals surface area contributed by atoms with Crippen molar-refractivity contribution in [3.05, 3.63) is 18.0 Å². The van der Waals surface area contributed by atoms with Crippen LogP contribution in [0.3, 0.4) is 0 Å². The maximum absolute atomic E-state index is 12.9. The van der Waals surface area contributed by atoms with Gasteiger partial charge in [-0.05, 0) is 38.5 Å².